The molecule has 6 heteroatoms. The third-order valence-corrected chi connectivity index (χ3v) is 2.76. The lowest BCUT2D eigenvalue weighted by molar-refractivity contribution is -0.137. The number of hydrogen-bond donors (Lipinski definition) is 1. The number of nitrogens with zero attached hydrogens (tertiary/aromatic N) is 2. The van der Waals surface area contributed by atoms with Crippen molar-refractivity contribution in [1.82, 2.24) is 9.88 Å². The maximum absolute atomic E-state index is 12.2. The van der Waals surface area contributed by atoms with Crippen molar-refractivity contribution < 1.29 is 14.7 Å². The summed E-state index contributed by atoms with van der Waals surface area (Å²) >= 11 is 3.25. The first-order chi connectivity index (χ1) is 8.54. The van der Waals surface area contributed by atoms with Crippen LogP contribution < -0.4 is 0 Å². The Hall–Kier alpha value is -1.43. The lowest BCUT2D eigenvalue weighted by atomic mass is 10.2. The summed E-state index contributed by atoms with van der Waals surface area (Å²) in [5, 5.41) is 8.67. The highest BCUT2D eigenvalue weighted by Crippen LogP contribution is 2.12. The Morgan fingerprint density at radius 1 is 1.39 bits per heavy atom. The normalized spacial score (nSPS) is 10.1. The zero-order valence-electron chi connectivity index (χ0n) is 10.1. The van der Waals surface area contributed by atoms with E-state index in [-0.39, 0.29) is 18.9 Å². The van der Waals surface area contributed by atoms with Gasteiger partial charge >= 0.3 is 5.97 Å². The first-order valence-corrected chi connectivity index (χ1v) is 6.45. The number of halogens is 1. The SMILES string of the molecule is CCCN(CCC(=O)O)C(=O)c1cncc(Br)c1. The standard InChI is InChI=1S/C12H15BrN2O3/c1-2-4-15(5-3-11(16)17)12(18)9-6-10(13)8-14-7-9/h6-8H,2-5H2,1H3,(H,16,17). The van der Waals surface area contributed by atoms with Crippen molar-refractivity contribution in [3.8, 4) is 0 Å². The van der Waals surface area contributed by atoms with Crippen LogP contribution in [0.5, 0.6) is 0 Å². The fourth-order valence-electron chi connectivity index (χ4n) is 1.53. The molecule has 1 aromatic heterocycles. The van der Waals surface area contributed by atoms with Crippen molar-refractivity contribution in [3.05, 3.63) is 28.5 Å². The molecule has 0 aromatic carbocycles. The van der Waals surface area contributed by atoms with Crippen LogP contribution in [-0.4, -0.2) is 40.0 Å². The molecule has 98 valence electrons. The van der Waals surface area contributed by atoms with Crippen molar-refractivity contribution in [1.29, 1.82) is 0 Å². The molecule has 1 aromatic rings. The molecule has 0 aliphatic rings. The second kappa shape index (κ2) is 7.10. The highest BCUT2D eigenvalue weighted by Gasteiger charge is 2.16. The van der Waals surface area contributed by atoms with E-state index >= 15 is 0 Å². The number of carboxylic acid groups (broad SMARTS) is 1. The summed E-state index contributed by atoms with van der Waals surface area (Å²) in [5.41, 5.74) is 0.461. The van der Waals surface area contributed by atoms with E-state index in [2.05, 4.69) is 20.9 Å². The molecule has 1 N–H and O–H groups in total. The van der Waals surface area contributed by atoms with Crippen LogP contribution in [0.1, 0.15) is 30.1 Å². The van der Waals surface area contributed by atoms with Crippen LogP contribution in [0.25, 0.3) is 0 Å². The van der Waals surface area contributed by atoms with E-state index in [1.54, 1.807) is 12.3 Å². The summed E-state index contributed by atoms with van der Waals surface area (Å²) in [5.74, 6) is -1.09. The number of amides is 1. The van der Waals surface area contributed by atoms with Crippen LogP contribution in [0, 0.1) is 0 Å². The third-order valence-electron chi connectivity index (χ3n) is 2.33. The zero-order chi connectivity index (χ0) is 13.5. The van der Waals surface area contributed by atoms with Crippen molar-refractivity contribution >= 4 is 27.8 Å². The van der Waals surface area contributed by atoms with Gasteiger partial charge in [0.05, 0.1) is 12.0 Å². The molecule has 0 fully saturated rings. The molecule has 1 amide bonds. The van der Waals surface area contributed by atoms with E-state index in [0.29, 0.717) is 12.1 Å². The Bertz CT molecular complexity index is 437. The monoisotopic (exact) mass is 314 g/mol. The van der Waals surface area contributed by atoms with Gasteiger partial charge in [-0.1, -0.05) is 6.92 Å². The van der Waals surface area contributed by atoms with Crippen LogP contribution in [0.2, 0.25) is 0 Å². The second-order valence-corrected chi connectivity index (χ2v) is 4.74. The van der Waals surface area contributed by atoms with Gasteiger partial charge in [-0.2, -0.15) is 0 Å². The zero-order valence-corrected chi connectivity index (χ0v) is 11.7. The van der Waals surface area contributed by atoms with Gasteiger partial charge in [0, 0.05) is 30.0 Å². The highest BCUT2D eigenvalue weighted by molar-refractivity contribution is 9.10. The Kier molecular flexibility index (Phi) is 5.77. The van der Waals surface area contributed by atoms with Gasteiger partial charge < -0.3 is 10.0 Å². The third kappa shape index (κ3) is 4.44. The number of rotatable bonds is 6. The first kappa shape index (κ1) is 14.6. The van der Waals surface area contributed by atoms with Crippen LogP contribution in [0.4, 0.5) is 0 Å². The minimum absolute atomic E-state index is 0.0484. The maximum Gasteiger partial charge on any atom is 0.305 e. The molecule has 0 atom stereocenters. The molecular weight excluding hydrogens is 300 g/mol. The van der Waals surface area contributed by atoms with Gasteiger partial charge in [0.1, 0.15) is 0 Å². The smallest absolute Gasteiger partial charge is 0.305 e. The number of aliphatic carboxylic acids is 1. The molecule has 0 bridgehead atoms. The molecule has 0 aliphatic heterocycles. The lowest BCUT2D eigenvalue weighted by Crippen LogP contribution is -2.33. The Labute approximate surface area is 114 Å². The van der Waals surface area contributed by atoms with E-state index in [4.69, 9.17) is 5.11 Å². The molecule has 0 saturated carbocycles. The lowest BCUT2D eigenvalue weighted by Gasteiger charge is -2.21. The summed E-state index contributed by atoms with van der Waals surface area (Å²) in [6, 6.07) is 1.68. The summed E-state index contributed by atoms with van der Waals surface area (Å²) in [6.45, 7) is 2.70. The topological polar surface area (TPSA) is 70.5 Å². The molecule has 0 unspecified atom stereocenters. The van der Waals surface area contributed by atoms with Gasteiger partial charge in [-0.3, -0.25) is 14.6 Å². The van der Waals surface area contributed by atoms with E-state index in [0.717, 1.165) is 10.9 Å². The van der Waals surface area contributed by atoms with Crippen LogP contribution in [-0.2, 0) is 4.79 Å². The highest BCUT2D eigenvalue weighted by atomic mass is 79.9. The molecule has 5 nitrogen and oxygen atoms in total. The Balaban J connectivity index is 2.78. The summed E-state index contributed by atoms with van der Waals surface area (Å²) < 4.78 is 0.725. The van der Waals surface area contributed by atoms with E-state index in [9.17, 15) is 9.59 Å². The van der Waals surface area contributed by atoms with Gasteiger partial charge in [-0.05, 0) is 28.4 Å². The van der Waals surface area contributed by atoms with Crippen LogP contribution in [0.15, 0.2) is 22.9 Å². The fraction of sp³-hybridized carbons (Fsp3) is 0.417. The van der Waals surface area contributed by atoms with Gasteiger partial charge in [0.2, 0.25) is 0 Å². The number of carboxylic acids is 1. The van der Waals surface area contributed by atoms with Crippen LogP contribution >= 0.6 is 15.9 Å². The van der Waals surface area contributed by atoms with Crippen molar-refractivity contribution in [2.24, 2.45) is 0 Å². The van der Waals surface area contributed by atoms with Gasteiger partial charge in [-0.25, -0.2) is 0 Å². The maximum atomic E-state index is 12.2. The summed E-state index contributed by atoms with van der Waals surface area (Å²) in [6.07, 6.45) is 3.81. The predicted molar refractivity (Wildman–Crippen MR) is 70.4 cm³/mol. The molecule has 0 aliphatic carbocycles. The van der Waals surface area contributed by atoms with Crippen molar-refractivity contribution in [3.63, 3.8) is 0 Å². The number of carbonyl (C=O) groups is 2. The minimum Gasteiger partial charge on any atom is -0.481 e. The molecular formula is C12H15BrN2O3. The average Bonchev–Trinajstić information content (AvgIpc) is 2.33. The van der Waals surface area contributed by atoms with E-state index in [1.165, 1.54) is 11.1 Å². The summed E-state index contributed by atoms with van der Waals surface area (Å²) in [7, 11) is 0. The van der Waals surface area contributed by atoms with Crippen LogP contribution in [0.3, 0.4) is 0 Å². The second-order valence-electron chi connectivity index (χ2n) is 3.83. The number of hydrogen-bond acceptors (Lipinski definition) is 3. The quantitative estimate of drug-likeness (QED) is 0.873. The predicted octanol–water partition coefficient (Wildman–Crippen LogP) is 2.17. The average molecular weight is 315 g/mol. The van der Waals surface area contributed by atoms with Crippen molar-refractivity contribution in [2.45, 2.75) is 19.8 Å². The molecule has 18 heavy (non-hydrogen) atoms. The summed E-state index contributed by atoms with van der Waals surface area (Å²) in [4.78, 5) is 28.2. The number of aromatic nitrogens is 1. The molecule has 0 spiro atoms. The molecule has 0 radical (unpaired) electrons. The van der Waals surface area contributed by atoms with E-state index in [1.807, 2.05) is 6.92 Å². The Morgan fingerprint density at radius 2 is 2.11 bits per heavy atom. The fourth-order valence-corrected chi connectivity index (χ4v) is 1.89. The molecule has 0 saturated heterocycles. The largest absolute Gasteiger partial charge is 0.481 e. The molecule has 1 rings (SSSR count). The minimum atomic E-state index is -0.906. The van der Waals surface area contributed by atoms with Crippen molar-refractivity contribution in [2.75, 3.05) is 13.1 Å². The number of carbonyl (C=O) groups excluding carboxylic acids is 1. The van der Waals surface area contributed by atoms with Gasteiger partial charge in [-0.15, -0.1) is 0 Å². The molecule has 1 heterocycles. The van der Waals surface area contributed by atoms with E-state index < -0.39 is 5.97 Å². The number of pyridine rings is 1. The van der Waals surface area contributed by atoms with Gasteiger partial charge in [0.15, 0.2) is 0 Å². The van der Waals surface area contributed by atoms with Gasteiger partial charge in [0.25, 0.3) is 5.91 Å². The Morgan fingerprint density at radius 3 is 2.67 bits per heavy atom. The first-order valence-electron chi connectivity index (χ1n) is 5.66.